The Balaban J connectivity index is 1.31. The van der Waals surface area contributed by atoms with Crippen molar-refractivity contribution in [2.75, 3.05) is 25.2 Å². The van der Waals surface area contributed by atoms with Gasteiger partial charge in [-0.05, 0) is 6.92 Å². The first-order valence-electron chi connectivity index (χ1n) is 10.6. The fourth-order valence-corrected chi connectivity index (χ4v) is 4.56. The maximum atomic E-state index is 13.4. The van der Waals surface area contributed by atoms with Gasteiger partial charge in [0.25, 0.3) is 11.7 Å². The van der Waals surface area contributed by atoms with E-state index >= 15 is 0 Å². The van der Waals surface area contributed by atoms with E-state index in [1.165, 1.54) is 30.5 Å². The summed E-state index contributed by atoms with van der Waals surface area (Å²) in [5.41, 5.74) is 0.740. The smallest absolute Gasteiger partial charge is 0.295 e. The van der Waals surface area contributed by atoms with Crippen molar-refractivity contribution in [3.8, 4) is 11.6 Å². The number of H-pyrrole nitrogens is 2. The number of hydrazone groups is 1. The number of amides is 1. The van der Waals surface area contributed by atoms with E-state index in [2.05, 4.69) is 35.1 Å². The highest BCUT2D eigenvalue weighted by molar-refractivity contribution is 6.45. The van der Waals surface area contributed by atoms with Crippen LogP contribution in [0.4, 0.5) is 5.82 Å². The van der Waals surface area contributed by atoms with Gasteiger partial charge in [-0.2, -0.15) is 10.2 Å². The number of Topliss-reactive ketones (excluding diaryl/α,β-unsaturated/α-hetero) is 1. The molecule has 1 saturated heterocycles. The van der Waals surface area contributed by atoms with Gasteiger partial charge < -0.3 is 19.6 Å². The Kier molecular flexibility index (Phi) is 4.43. The van der Waals surface area contributed by atoms with Gasteiger partial charge in [0.05, 0.1) is 48.3 Å². The summed E-state index contributed by atoms with van der Waals surface area (Å²) in [6.45, 7) is 2.55. The average molecular weight is 460 g/mol. The molecule has 0 radical (unpaired) electrons. The van der Waals surface area contributed by atoms with E-state index in [0.29, 0.717) is 41.4 Å². The monoisotopic (exact) mass is 460 g/mol. The standard InChI is InChI=1S/C21H20N10O3/c1-11-26-10-30(28-11)20-18-17(15(34-2)5-24-20)13(4-23-18)19(32)21(33)29-7-12-3-27-31(14(12)8-29)16-6-22-9-25-16/h3-6,9-10,12,14,23H,7-8H2,1-2H3,(H,22,25). The van der Waals surface area contributed by atoms with Crippen molar-refractivity contribution in [2.45, 2.75) is 13.0 Å². The van der Waals surface area contributed by atoms with Crippen LogP contribution < -0.4 is 9.75 Å². The van der Waals surface area contributed by atoms with E-state index in [-0.39, 0.29) is 17.5 Å². The van der Waals surface area contributed by atoms with Gasteiger partial charge in [-0.1, -0.05) is 0 Å². The van der Waals surface area contributed by atoms with E-state index in [1.54, 1.807) is 24.3 Å². The molecule has 2 aliphatic heterocycles. The third-order valence-corrected chi connectivity index (χ3v) is 6.18. The maximum absolute atomic E-state index is 13.4. The van der Waals surface area contributed by atoms with Crippen molar-refractivity contribution in [3.63, 3.8) is 0 Å². The summed E-state index contributed by atoms with van der Waals surface area (Å²) in [5.74, 6) is 0.981. The normalized spacial score (nSPS) is 19.2. The molecular formula is C21H20N10O3. The van der Waals surface area contributed by atoms with Gasteiger partial charge in [0.15, 0.2) is 5.82 Å². The summed E-state index contributed by atoms with van der Waals surface area (Å²) in [6, 6.07) is -0.0546. The first-order valence-corrected chi connectivity index (χ1v) is 10.6. The predicted molar refractivity (Wildman–Crippen MR) is 120 cm³/mol. The van der Waals surface area contributed by atoms with Crippen LogP contribution in [0.5, 0.6) is 5.75 Å². The molecule has 2 atom stereocenters. The molecule has 2 aliphatic rings. The number of methoxy groups -OCH3 is 1. The average Bonchev–Trinajstić information content (AvgIpc) is 3.65. The number of nitrogens with one attached hydrogen (secondary N) is 2. The van der Waals surface area contributed by atoms with E-state index < -0.39 is 11.7 Å². The van der Waals surface area contributed by atoms with Crippen LogP contribution in [0.15, 0.2) is 36.3 Å². The molecule has 172 valence electrons. The van der Waals surface area contributed by atoms with Crippen LogP contribution in [0.1, 0.15) is 16.2 Å². The summed E-state index contributed by atoms with van der Waals surface area (Å²) in [6.07, 6.45) is 9.62. The number of fused-ring (bicyclic) bond motifs is 2. The number of likely N-dealkylation sites (tertiary alicyclic amines) is 1. The van der Waals surface area contributed by atoms with Gasteiger partial charge in [0.2, 0.25) is 0 Å². The number of nitrogens with zero attached hydrogens (tertiary/aromatic N) is 8. The zero-order valence-corrected chi connectivity index (χ0v) is 18.3. The highest BCUT2D eigenvalue weighted by Crippen LogP contribution is 2.33. The lowest BCUT2D eigenvalue weighted by molar-refractivity contribution is -0.125. The third kappa shape index (κ3) is 2.97. The number of imidazole rings is 1. The Morgan fingerprint density at radius 3 is 2.79 bits per heavy atom. The van der Waals surface area contributed by atoms with Crippen molar-refractivity contribution in [1.82, 2.24) is 39.6 Å². The SMILES string of the molecule is COc1cnc(-n2cnc(C)n2)c2[nH]cc(C(=O)C(=O)N3CC4C=NN(c5cnc[nH]5)C4C3)c12. The zero-order chi connectivity index (χ0) is 23.4. The Hall–Kier alpha value is -4.55. The largest absolute Gasteiger partial charge is 0.494 e. The molecule has 6 rings (SSSR count). The number of hydrogen-bond donors (Lipinski definition) is 2. The van der Waals surface area contributed by atoms with Crippen LogP contribution in [-0.4, -0.2) is 83.7 Å². The predicted octanol–water partition coefficient (Wildman–Crippen LogP) is 0.699. The van der Waals surface area contributed by atoms with Crippen molar-refractivity contribution in [3.05, 3.63) is 42.6 Å². The molecule has 0 aliphatic carbocycles. The molecule has 0 aromatic carbocycles. The lowest BCUT2D eigenvalue weighted by Crippen LogP contribution is -2.38. The summed E-state index contributed by atoms with van der Waals surface area (Å²) >= 11 is 0. The van der Waals surface area contributed by atoms with Crippen LogP contribution in [0.25, 0.3) is 16.7 Å². The fraction of sp³-hybridized carbons (Fsp3) is 0.286. The number of carbonyl (C=O) groups is 2. The lowest BCUT2D eigenvalue weighted by atomic mass is 10.1. The zero-order valence-electron chi connectivity index (χ0n) is 18.3. The molecule has 4 aromatic heterocycles. The number of ketones is 1. The Morgan fingerprint density at radius 2 is 2.06 bits per heavy atom. The van der Waals surface area contributed by atoms with Crippen molar-refractivity contribution in [2.24, 2.45) is 11.0 Å². The molecule has 1 fully saturated rings. The minimum atomic E-state index is -0.624. The number of aryl methyl sites for hydroxylation is 1. The summed E-state index contributed by atoms with van der Waals surface area (Å²) in [7, 11) is 1.49. The molecule has 2 N–H and O–H groups in total. The minimum absolute atomic E-state index is 0.0314. The van der Waals surface area contributed by atoms with Crippen molar-refractivity contribution < 1.29 is 14.3 Å². The number of hydrogen-bond acceptors (Lipinski definition) is 9. The minimum Gasteiger partial charge on any atom is -0.494 e. The van der Waals surface area contributed by atoms with E-state index in [0.717, 1.165) is 5.82 Å². The number of aromatic nitrogens is 7. The van der Waals surface area contributed by atoms with Gasteiger partial charge in [0, 0.05) is 31.4 Å². The molecular weight excluding hydrogens is 440 g/mol. The van der Waals surface area contributed by atoms with Gasteiger partial charge in [-0.3, -0.25) is 9.59 Å². The number of rotatable bonds is 5. The first kappa shape index (κ1) is 20.1. The number of ether oxygens (including phenoxy) is 1. The second kappa shape index (κ2) is 7.50. The Bertz CT molecular complexity index is 1440. The molecule has 0 saturated carbocycles. The van der Waals surface area contributed by atoms with Crippen LogP contribution in [-0.2, 0) is 4.79 Å². The molecule has 0 bridgehead atoms. The lowest BCUT2D eigenvalue weighted by Gasteiger charge is -2.21. The molecule has 13 heteroatoms. The molecule has 13 nitrogen and oxygen atoms in total. The van der Waals surface area contributed by atoms with Crippen LogP contribution in [0.2, 0.25) is 0 Å². The van der Waals surface area contributed by atoms with Crippen LogP contribution in [0, 0.1) is 12.8 Å². The highest BCUT2D eigenvalue weighted by Gasteiger charge is 2.43. The van der Waals surface area contributed by atoms with Crippen molar-refractivity contribution in [1.29, 1.82) is 0 Å². The Morgan fingerprint density at radius 1 is 1.18 bits per heavy atom. The van der Waals surface area contributed by atoms with Crippen LogP contribution in [0.3, 0.4) is 0 Å². The van der Waals surface area contributed by atoms with Crippen molar-refractivity contribution >= 4 is 34.6 Å². The first-order chi connectivity index (χ1) is 16.5. The van der Waals surface area contributed by atoms with Gasteiger partial charge >= 0.3 is 0 Å². The summed E-state index contributed by atoms with van der Waals surface area (Å²) in [5, 5.41) is 11.0. The molecule has 2 unspecified atom stereocenters. The topological polar surface area (TPSA) is 150 Å². The van der Waals surface area contributed by atoms with E-state index in [1.807, 2.05) is 11.2 Å². The molecule has 6 heterocycles. The van der Waals surface area contributed by atoms with Gasteiger partial charge in [0.1, 0.15) is 23.7 Å². The highest BCUT2D eigenvalue weighted by atomic mass is 16.5. The Labute approximate surface area is 192 Å². The fourth-order valence-electron chi connectivity index (χ4n) is 4.56. The van der Waals surface area contributed by atoms with E-state index in [4.69, 9.17) is 4.74 Å². The van der Waals surface area contributed by atoms with Crippen LogP contribution >= 0.6 is 0 Å². The number of anilines is 1. The third-order valence-electron chi connectivity index (χ3n) is 6.18. The molecule has 4 aromatic rings. The van der Waals surface area contributed by atoms with Gasteiger partial charge in [-0.15, -0.1) is 0 Å². The molecule has 0 spiro atoms. The number of pyridine rings is 1. The van der Waals surface area contributed by atoms with E-state index in [9.17, 15) is 9.59 Å². The maximum Gasteiger partial charge on any atom is 0.295 e. The number of aromatic amines is 2. The quantitative estimate of drug-likeness (QED) is 0.326. The van der Waals surface area contributed by atoms with Gasteiger partial charge in [-0.25, -0.2) is 24.6 Å². The summed E-state index contributed by atoms with van der Waals surface area (Å²) < 4.78 is 6.96. The second-order valence-electron chi connectivity index (χ2n) is 8.16. The number of carbonyl (C=O) groups excluding carboxylic acids is 2. The second-order valence-corrected chi connectivity index (χ2v) is 8.16. The molecule has 1 amide bonds. The summed E-state index contributed by atoms with van der Waals surface area (Å²) in [4.78, 5) is 46.9. The molecule has 34 heavy (non-hydrogen) atoms.